The number of alkyl halides is 2. The minimum absolute atomic E-state index is 0.0359. The van der Waals surface area contributed by atoms with Gasteiger partial charge in [0.1, 0.15) is 0 Å². The third-order valence-electron chi connectivity index (χ3n) is 2.36. The monoisotopic (exact) mass is 282 g/mol. The molecule has 8 heteroatoms. The number of aliphatic hydroxyl groups is 1. The first kappa shape index (κ1) is 15.1. The molecular formula is C10H16F2N2O3S. The fraction of sp³-hybridized carbons (Fsp3) is 0.600. The van der Waals surface area contributed by atoms with E-state index in [9.17, 15) is 17.2 Å². The van der Waals surface area contributed by atoms with Crippen LogP contribution in [-0.4, -0.2) is 31.1 Å². The molecule has 1 aromatic heterocycles. The summed E-state index contributed by atoms with van der Waals surface area (Å²) in [5.41, 5.74) is 0.419. The van der Waals surface area contributed by atoms with E-state index >= 15 is 0 Å². The van der Waals surface area contributed by atoms with Gasteiger partial charge in [0.2, 0.25) is 10.0 Å². The van der Waals surface area contributed by atoms with Crippen molar-refractivity contribution in [2.45, 2.75) is 37.8 Å². The van der Waals surface area contributed by atoms with E-state index in [1.165, 1.54) is 12.3 Å². The van der Waals surface area contributed by atoms with Crippen molar-refractivity contribution in [3.8, 4) is 0 Å². The molecule has 0 bridgehead atoms. The van der Waals surface area contributed by atoms with Crippen molar-refractivity contribution in [1.82, 2.24) is 9.29 Å². The van der Waals surface area contributed by atoms with Crippen LogP contribution in [0, 0.1) is 0 Å². The fourth-order valence-corrected chi connectivity index (χ4v) is 2.56. The lowest BCUT2D eigenvalue weighted by Gasteiger charge is -2.10. The van der Waals surface area contributed by atoms with Crippen LogP contribution >= 0.6 is 0 Å². The molecule has 18 heavy (non-hydrogen) atoms. The van der Waals surface area contributed by atoms with Crippen LogP contribution in [0.4, 0.5) is 8.78 Å². The average Bonchev–Trinajstić information content (AvgIpc) is 2.71. The molecule has 104 valence electrons. The molecule has 0 unspecified atom stereocenters. The molecule has 1 heterocycles. The van der Waals surface area contributed by atoms with Crippen molar-refractivity contribution >= 4 is 10.0 Å². The van der Waals surface area contributed by atoms with Crippen LogP contribution in [0.3, 0.4) is 0 Å². The van der Waals surface area contributed by atoms with Gasteiger partial charge in [-0.05, 0) is 19.9 Å². The Morgan fingerprint density at radius 1 is 1.44 bits per heavy atom. The van der Waals surface area contributed by atoms with Gasteiger partial charge in [0.05, 0.1) is 18.0 Å². The Balaban J connectivity index is 3.02. The van der Waals surface area contributed by atoms with Gasteiger partial charge in [-0.25, -0.2) is 21.9 Å². The van der Waals surface area contributed by atoms with E-state index in [4.69, 9.17) is 5.11 Å². The first-order valence-corrected chi connectivity index (χ1v) is 6.85. The highest BCUT2D eigenvalue weighted by atomic mass is 32.2. The maximum Gasteiger partial charge on any atom is 0.251 e. The van der Waals surface area contributed by atoms with Crippen LogP contribution in [0.5, 0.6) is 0 Å². The van der Waals surface area contributed by atoms with Crippen LogP contribution in [0.15, 0.2) is 17.2 Å². The van der Waals surface area contributed by atoms with Gasteiger partial charge < -0.3 is 9.67 Å². The topological polar surface area (TPSA) is 71.3 Å². The molecule has 0 aliphatic heterocycles. The number of halogens is 2. The number of hydrogen-bond donors (Lipinski definition) is 2. The zero-order valence-electron chi connectivity index (χ0n) is 10.1. The summed E-state index contributed by atoms with van der Waals surface area (Å²) < 4.78 is 50.8. The summed E-state index contributed by atoms with van der Waals surface area (Å²) in [5, 5.41) is 9.11. The molecule has 0 saturated heterocycles. The third kappa shape index (κ3) is 3.50. The Kier molecular flexibility index (Phi) is 4.83. The van der Waals surface area contributed by atoms with E-state index in [1.807, 2.05) is 13.8 Å². The lowest BCUT2D eigenvalue weighted by atomic mass is 10.3. The second-order valence-electron chi connectivity index (χ2n) is 4.07. The molecule has 0 fully saturated rings. The number of sulfonamides is 1. The first-order chi connectivity index (χ1) is 8.27. The molecule has 0 saturated carbocycles. The molecule has 0 radical (unpaired) electrons. The van der Waals surface area contributed by atoms with Crippen molar-refractivity contribution < 1.29 is 22.3 Å². The number of aromatic nitrogens is 1. The molecule has 2 N–H and O–H groups in total. The Hall–Kier alpha value is -0.990. The van der Waals surface area contributed by atoms with E-state index < -0.39 is 23.0 Å². The highest BCUT2D eigenvalue weighted by Crippen LogP contribution is 2.18. The van der Waals surface area contributed by atoms with Crippen molar-refractivity contribution in [1.29, 1.82) is 0 Å². The van der Waals surface area contributed by atoms with E-state index in [-0.39, 0.29) is 17.5 Å². The molecule has 5 nitrogen and oxygen atoms in total. The van der Waals surface area contributed by atoms with E-state index in [1.54, 1.807) is 9.29 Å². The molecule has 0 aliphatic carbocycles. The number of nitrogens with one attached hydrogen (secondary N) is 1. The van der Waals surface area contributed by atoms with E-state index in [2.05, 4.69) is 0 Å². The zero-order chi connectivity index (χ0) is 13.9. The maximum absolute atomic E-state index is 12.0. The minimum Gasteiger partial charge on any atom is -0.390 e. The van der Waals surface area contributed by atoms with Crippen molar-refractivity contribution in [2.75, 3.05) is 6.54 Å². The van der Waals surface area contributed by atoms with Crippen molar-refractivity contribution in [3.05, 3.63) is 18.0 Å². The lowest BCUT2D eigenvalue weighted by Crippen LogP contribution is -2.28. The van der Waals surface area contributed by atoms with Gasteiger partial charge >= 0.3 is 0 Å². The third-order valence-corrected chi connectivity index (χ3v) is 3.75. The van der Waals surface area contributed by atoms with Gasteiger partial charge in [0.15, 0.2) is 0 Å². The van der Waals surface area contributed by atoms with Crippen LogP contribution < -0.4 is 4.72 Å². The van der Waals surface area contributed by atoms with Gasteiger partial charge in [-0.2, -0.15) is 0 Å². The van der Waals surface area contributed by atoms with Crippen LogP contribution in [0.25, 0.3) is 0 Å². The largest absolute Gasteiger partial charge is 0.390 e. The lowest BCUT2D eigenvalue weighted by molar-refractivity contribution is 0.153. The van der Waals surface area contributed by atoms with Crippen molar-refractivity contribution in [3.63, 3.8) is 0 Å². The SMILES string of the molecule is CC(C)n1cc(S(=O)(=O)NCC(F)F)cc1CO. The second-order valence-corrected chi connectivity index (χ2v) is 5.84. The molecule has 0 aliphatic rings. The van der Waals surface area contributed by atoms with E-state index in [0.29, 0.717) is 5.69 Å². The summed E-state index contributed by atoms with van der Waals surface area (Å²) in [6.45, 7) is 2.40. The molecule has 1 rings (SSSR count). The average molecular weight is 282 g/mol. The van der Waals surface area contributed by atoms with Gasteiger partial charge in [-0.15, -0.1) is 0 Å². The number of aliphatic hydroxyl groups excluding tert-OH is 1. The van der Waals surface area contributed by atoms with Crippen LogP contribution in [-0.2, 0) is 16.6 Å². The molecule has 0 aromatic carbocycles. The predicted molar refractivity (Wildman–Crippen MR) is 61.9 cm³/mol. The Morgan fingerprint density at radius 3 is 2.44 bits per heavy atom. The highest BCUT2D eigenvalue weighted by molar-refractivity contribution is 7.89. The summed E-state index contributed by atoms with van der Waals surface area (Å²) in [6, 6.07) is 1.24. The van der Waals surface area contributed by atoms with Gasteiger partial charge in [0.25, 0.3) is 6.43 Å². The minimum atomic E-state index is -3.96. The summed E-state index contributed by atoms with van der Waals surface area (Å²) in [7, 11) is -3.96. The first-order valence-electron chi connectivity index (χ1n) is 5.37. The van der Waals surface area contributed by atoms with Gasteiger partial charge in [0, 0.05) is 17.9 Å². The predicted octanol–water partition coefficient (Wildman–Crippen LogP) is 1.10. The number of hydrogen-bond acceptors (Lipinski definition) is 3. The van der Waals surface area contributed by atoms with Gasteiger partial charge in [-0.3, -0.25) is 0 Å². The number of nitrogens with zero attached hydrogens (tertiary/aromatic N) is 1. The maximum atomic E-state index is 12.0. The fourth-order valence-electron chi connectivity index (χ4n) is 1.51. The Morgan fingerprint density at radius 2 is 2.06 bits per heavy atom. The number of rotatable bonds is 6. The second kappa shape index (κ2) is 5.77. The molecule has 1 aromatic rings. The normalized spacial score (nSPS) is 12.6. The zero-order valence-corrected chi connectivity index (χ0v) is 10.9. The van der Waals surface area contributed by atoms with E-state index in [0.717, 1.165) is 0 Å². The Labute approximate surface area is 104 Å². The standard InChI is InChI=1S/C10H16F2N2O3S/c1-7(2)14-5-9(3-8(14)6-15)18(16,17)13-4-10(11)12/h3,5,7,10,13,15H,4,6H2,1-2H3. The molecule has 0 atom stereocenters. The van der Waals surface area contributed by atoms with Gasteiger partial charge in [-0.1, -0.05) is 0 Å². The Bertz CT molecular complexity index is 497. The molecular weight excluding hydrogens is 266 g/mol. The summed E-state index contributed by atoms with van der Waals surface area (Å²) >= 11 is 0. The van der Waals surface area contributed by atoms with Crippen LogP contribution in [0.2, 0.25) is 0 Å². The molecule has 0 spiro atoms. The highest BCUT2D eigenvalue weighted by Gasteiger charge is 2.20. The van der Waals surface area contributed by atoms with Crippen LogP contribution in [0.1, 0.15) is 25.6 Å². The summed E-state index contributed by atoms with van der Waals surface area (Å²) in [5.74, 6) is 0. The summed E-state index contributed by atoms with van der Waals surface area (Å²) in [4.78, 5) is -0.124. The van der Waals surface area contributed by atoms with Crippen molar-refractivity contribution in [2.24, 2.45) is 0 Å². The quantitative estimate of drug-likeness (QED) is 0.821. The smallest absolute Gasteiger partial charge is 0.251 e. The molecule has 0 amide bonds. The summed E-state index contributed by atoms with van der Waals surface area (Å²) in [6.07, 6.45) is -1.42.